The first kappa shape index (κ1) is 16.4. The highest BCUT2D eigenvalue weighted by Crippen LogP contribution is 2.46. The molecule has 0 aliphatic carbocycles. The molecule has 1 unspecified atom stereocenters. The Labute approximate surface area is 161 Å². The molecule has 0 saturated carbocycles. The third-order valence-corrected chi connectivity index (χ3v) is 6.57. The Morgan fingerprint density at radius 3 is 2.85 bits per heavy atom. The van der Waals surface area contributed by atoms with E-state index in [1.807, 2.05) is 47.8 Å². The summed E-state index contributed by atoms with van der Waals surface area (Å²) in [6.45, 7) is 4.11. The number of fused-ring (bicyclic) bond motifs is 2. The molecule has 0 N–H and O–H groups in total. The summed E-state index contributed by atoms with van der Waals surface area (Å²) in [6, 6.07) is 8.23. The van der Waals surface area contributed by atoms with E-state index in [4.69, 9.17) is 4.74 Å². The Morgan fingerprint density at radius 2 is 2.07 bits per heavy atom. The maximum Gasteiger partial charge on any atom is 0.263 e. The molecule has 6 heteroatoms. The Balaban J connectivity index is 1.45. The predicted octanol–water partition coefficient (Wildman–Crippen LogP) is 3.69. The molecule has 1 spiro atoms. The van der Waals surface area contributed by atoms with Gasteiger partial charge in [-0.1, -0.05) is 6.07 Å². The fourth-order valence-corrected chi connectivity index (χ4v) is 4.94. The van der Waals surface area contributed by atoms with Crippen molar-refractivity contribution in [3.05, 3.63) is 64.4 Å². The summed E-state index contributed by atoms with van der Waals surface area (Å²) in [5.74, 6) is 1.06. The van der Waals surface area contributed by atoms with Crippen LogP contribution in [0.1, 0.15) is 27.2 Å². The van der Waals surface area contributed by atoms with Crippen LogP contribution >= 0.6 is 11.3 Å². The van der Waals surface area contributed by atoms with Crippen molar-refractivity contribution in [3.8, 4) is 16.9 Å². The molecule has 1 atom stereocenters. The second-order valence-corrected chi connectivity index (χ2v) is 8.28. The highest BCUT2D eigenvalue weighted by atomic mass is 32.1. The van der Waals surface area contributed by atoms with Crippen molar-refractivity contribution in [2.24, 2.45) is 0 Å². The van der Waals surface area contributed by atoms with Crippen LogP contribution in [-0.4, -0.2) is 40.5 Å². The lowest BCUT2D eigenvalue weighted by Gasteiger charge is -2.23. The molecule has 1 saturated heterocycles. The third-order valence-electron chi connectivity index (χ3n) is 5.53. The molecule has 3 aromatic rings. The van der Waals surface area contributed by atoms with Gasteiger partial charge in [-0.3, -0.25) is 4.79 Å². The molecular weight excluding hydrogens is 358 g/mol. The number of benzene rings is 1. The Bertz CT molecular complexity index is 1020. The summed E-state index contributed by atoms with van der Waals surface area (Å²) in [5.41, 5.74) is 4.28. The molecule has 0 radical (unpaired) electrons. The van der Waals surface area contributed by atoms with Gasteiger partial charge in [0, 0.05) is 36.6 Å². The highest BCUT2D eigenvalue weighted by Gasteiger charge is 2.47. The second kappa shape index (κ2) is 6.16. The minimum Gasteiger partial charge on any atom is -0.492 e. The lowest BCUT2D eigenvalue weighted by Crippen LogP contribution is -2.35. The summed E-state index contributed by atoms with van der Waals surface area (Å²) in [5, 5.41) is 2.03. The number of thiophene rings is 1. The zero-order valence-electron chi connectivity index (χ0n) is 15.0. The van der Waals surface area contributed by atoms with E-state index in [1.54, 1.807) is 0 Å². The number of hydrogen-bond donors (Lipinski definition) is 0. The largest absolute Gasteiger partial charge is 0.492 e. The van der Waals surface area contributed by atoms with Crippen molar-refractivity contribution >= 4 is 17.2 Å². The smallest absolute Gasteiger partial charge is 0.263 e. The SMILES string of the molecule is Cc1csc(C(=O)N2CCC3(COc4ccc(-c5cncnc5)cc43)C2)c1. The van der Waals surface area contributed by atoms with Crippen LogP contribution in [0.2, 0.25) is 0 Å². The number of carbonyl (C=O) groups is 1. The molecule has 1 aromatic carbocycles. The fraction of sp³-hybridized carbons (Fsp3) is 0.286. The molecule has 2 aliphatic heterocycles. The van der Waals surface area contributed by atoms with Crippen LogP contribution in [0.15, 0.2) is 48.4 Å². The van der Waals surface area contributed by atoms with E-state index >= 15 is 0 Å². The van der Waals surface area contributed by atoms with Crippen molar-refractivity contribution in [1.82, 2.24) is 14.9 Å². The first-order valence-corrected chi connectivity index (χ1v) is 9.90. The van der Waals surface area contributed by atoms with Gasteiger partial charge in [0.15, 0.2) is 0 Å². The Morgan fingerprint density at radius 1 is 1.22 bits per heavy atom. The van der Waals surface area contributed by atoms with Gasteiger partial charge in [0.2, 0.25) is 0 Å². The molecule has 5 nitrogen and oxygen atoms in total. The van der Waals surface area contributed by atoms with Gasteiger partial charge in [0.05, 0.1) is 16.9 Å². The van der Waals surface area contributed by atoms with E-state index < -0.39 is 0 Å². The normalized spacial score (nSPS) is 20.7. The van der Waals surface area contributed by atoms with Crippen LogP contribution in [0.5, 0.6) is 5.75 Å². The monoisotopic (exact) mass is 377 g/mol. The van der Waals surface area contributed by atoms with Gasteiger partial charge < -0.3 is 9.64 Å². The minimum absolute atomic E-state index is 0.122. The van der Waals surface area contributed by atoms with Gasteiger partial charge in [-0.15, -0.1) is 11.3 Å². The lowest BCUT2D eigenvalue weighted by atomic mass is 9.81. The van der Waals surface area contributed by atoms with Crippen molar-refractivity contribution < 1.29 is 9.53 Å². The number of aryl methyl sites for hydroxylation is 1. The lowest BCUT2D eigenvalue weighted by molar-refractivity contribution is 0.0785. The van der Waals surface area contributed by atoms with Gasteiger partial charge in [0.1, 0.15) is 12.1 Å². The molecule has 2 aliphatic rings. The van der Waals surface area contributed by atoms with E-state index in [0.29, 0.717) is 13.2 Å². The molecule has 2 aromatic heterocycles. The Kier molecular flexibility index (Phi) is 3.75. The standard InChI is InChI=1S/C21H19N3O2S/c1-14-6-19(27-10-14)20(25)24-5-4-21(11-24)12-26-18-3-2-15(7-17(18)21)16-8-22-13-23-9-16/h2-3,6-10,13H,4-5,11-12H2,1H3. The predicted molar refractivity (Wildman–Crippen MR) is 104 cm³/mol. The minimum atomic E-state index is -0.122. The van der Waals surface area contributed by atoms with E-state index in [9.17, 15) is 4.79 Å². The first-order chi connectivity index (χ1) is 13.1. The maximum atomic E-state index is 12.9. The van der Waals surface area contributed by atoms with Crippen LogP contribution in [0.3, 0.4) is 0 Å². The topological polar surface area (TPSA) is 55.3 Å². The average molecular weight is 377 g/mol. The molecule has 1 fully saturated rings. The first-order valence-electron chi connectivity index (χ1n) is 9.02. The molecule has 136 valence electrons. The molecule has 0 bridgehead atoms. The van der Waals surface area contributed by atoms with Crippen LogP contribution in [0.4, 0.5) is 0 Å². The van der Waals surface area contributed by atoms with Crippen molar-refractivity contribution in [3.63, 3.8) is 0 Å². The van der Waals surface area contributed by atoms with Gasteiger partial charge in [-0.2, -0.15) is 0 Å². The van der Waals surface area contributed by atoms with E-state index in [0.717, 1.165) is 40.3 Å². The van der Waals surface area contributed by atoms with Gasteiger partial charge in [-0.25, -0.2) is 9.97 Å². The highest BCUT2D eigenvalue weighted by molar-refractivity contribution is 7.12. The fourth-order valence-electron chi connectivity index (χ4n) is 4.07. The van der Waals surface area contributed by atoms with Crippen LogP contribution in [0.25, 0.3) is 11.1 Å². The number of rotatable bonds is 2. The quantitative estimate of drug-likeness (QED) is 0.683. The number of amides is 1. The van der Waals surface area contributed by atoms with E-state index in [-0.39, 0.29) is 11.3 Å². The molecule has 5 rings (SSSR count). The van der Waals surface area contributed by atoms with Crippen molar-refractivity contribution in [2.45, 2.75) is 18.8 Å². The molecule has 27 heavy (non-hydrogen) atoms. The van der Waals surface area contributed by atoms with Gasteiger partial charge >= 0.3 is 0 Å². The van der Waals surface area contributed by atoms with Crippen molar-refractivity contribution in [2.75, 3.05) is 19.7 Å². The van der Waals surface area contributed by atoms with E-state index in [1.165, 1.54) is 23.2 Å². The zero-order chi connectivity index (χ0) is 18.4. The molecule has 4 heterocycles. The molecular formula is C21H19N3O2S. The number of ether oxygens (including phenoxy) is 1. The molecule has 1 amide bonds. The summed E-state index contributed by atoms with van der Waals surface area (Å²) in [6.07, 6.45) is 6.10. The summed E-state index contributed by atoms with van der Waals surface area (Å²) in [7, 11) is 0. The number of nitrogens with zero attached hydrogens (tertiary/aromatic N) is 3. The summed E-state index contributed by atoms with van der Waals surface area (Å²) in [4.78, 5) is 23.9. The zero-order valence-corrected chi connectivity index (χ0v) is 15.8. The average Bonchev–Trinajstić information content (AvgIpc) is 3.42. The Hall–Kier alpha value is -2.73. The van der Waals surface area contributed by atoms with Gasteiger partial charge in [-0.05, 0) is 48.1 Å². The number of hydrogen-bond acceptors (Lipinski definition) is 5. The summed E-state index contributed by atoms with van der Waals surface area (Å²) < 4.78 is 6.00. The van der Waals surface area contributed by atoms with Crippen molar-refractivity contribution in [1.29, 1.82) is 0 Å². The van der Waals surface area contributed by atoms with Crippen LogP contribution in [0, 0.1) is 6.92 Å². The number of carbonyl (C=O) groups excluding carboxylic acids is 1. The maximum absolute atomic E-state index is 12.9. The van der Waals surface area contributed by atoms with Gasteiger partial charge in [0.25, 0.3) is 5.91 Å². The van der Waals surface area contributed by atoms with E-state index in [2.05, 4.69) is 16.0 Å². The third kappa shape index (κ3) is 2.72. The number of likely N-dealkylation sites (tertiary alicyclic amines) is 1. The number of aromatic nitrogens is 2. The summed E-state index contributed by atoms with van der Waals surface area (Å²) >= 11 is 1.52. The van der Waals surface area contributed by atoms with Crippen LogP contribution < -0.4 is 4.74 Å². The second-order valence-electron chi connectivity index (χ2n) is 7.37. The van der Waals surface area contributed by atoms with Crippen LogP contribution in [-0.2, 0) is 5.41 Å².